The third-order valence-corrected chi connectivity index (χ3v) is 2.36. The van der Waals surface area contributed by atoms with E-state index in [0.29, 0.717) is 16.4 Å². The minimum Gasteiger partial charge on any atom is -0.397 e. The van der Waals surface area contributed by atoms with E-state index in [1.54, 1.807) is 12.1 Å². The molecule has 0 spiro atoms. The molecular formula is C9H14ClN3. The summed E-state index contributed by atoms with van der Waals surface area (Å²) in [6.07, 6.45) is 0.847. The Hall–Kier alpha value is -0.930. The summed E-state index contributed by atoms with van der Waals surface area (Å²) in [4.78, 5) is 0. The second kappa shape index (κ2) is 3.85. The van der Waals surface area contributed by atoms with Crippen LogP contribution in [0.5, 0.6) is 0 Å². The number of hydrogen-bond acceptors (Lipinski definition) is 3. The zero-order valence-corrected chi connectivity index (χ0v) is 8.31. The van der Waals surface area contributed by atoms with Gasteiger partial charge in [0.1, 0.15) is 0 Å². The fourth-order valence-electron chi connectivity index (χ4n) is 1.11. The van der Waals surface area contributed by atoms with Gasteiger partial charge >= 0.3 is 0 Å². The first kappa shape index (κ1) is 10.2. The number of nitrogen functional groups attached to an aromatic ring is 2. The summed E-state index contributed by atoms with van der Waals surface area (Å²) >= 11 is 5.86. The van der Waals surface area contributed by atoms with E-state index in [1.807, 2.05) is 6.92 Å². The van der Waals surface area contributed by atoms with Gasteiger partial charge in [0.15, 0.2) is 0 Å². The Morgan fingerprint density at radius 3 is 2.46 bits per heavy atom. The van der Waals surface area contributed by atoms with Gasteiger partial charge in [-0.05, 0) is 24.1 Å². The van der Waals surface area contributed by atoms with E-state index >= 15 is 0 Å². The lowest BCUT2D eigenvalue weighted by atomic mass is 10.0. The molecule has 0 bridgehead atoms. The van der Waals surface area contributed by atoms with Crippen LogP contribution in [0.4, 0.5) is 11.4 Å². The summed E-state index contributed by atoms with van der Waals surface area (Å²) in [5.74, 6) is 0. The zero-order chi connectivity index (χ0) is 10.0. The molecule has 72 valence electrons. The van der Waals surface area contributed by atoms with E-state index in [-0.39, 0.29) is 6.04 Å². The Kier molecular flexibility index (Phi) is 3.01. The van der Waals surface area contributed by atoms with Crippen LogP contribution >= 0.6 is 11.6 Å². The molecule has 0 saturated heterocycles. The van der Waals surface area contributed by atoms with Crippen molar-refractivity contribution in [3.8, 4) is 0 Å². The molecule has 0 amide bonds. The Morgan fingerprint density at radius 2 is 2.00 bits per heavy atom. The summed E-state index contributed by atoms with van der Waals surface area (Å²) < 4.78 is 0. The Balaban J connectivity index is 3.13. The normalized spacial score (nSPS) is 12.8. The summed E-state index contributed by atoms with van der Waals surface area (Å²) in [6.45, 7) is 2.01. The van der Waals surface area contributed by atoms with Gasteiger partial charge in [-0.15, -0.1) is 0 Å². The van der Waals surface area contributed by atoms with Crippen LogP contribution in [0.2, 0.25) is 5.02 Å². The first-order valence-corrected chi connectivity index (χ1v) is 4.54. The van der Waals surface area contributed by atoms with Crippen molar-refractivity contribution >= 4 is 23.0 Å². The molecule has 3 nitrogen and oxygen atoms in total. The predicted molar refractivity (Wildman–Crippen MR) is 57.5 cm³/mol. The standard InChI is InChI=1S/C9H14ClN3/c1-2-7(11)5-3-6(10)9(13)8(12)4-5/h3-4,7H,2,11-13H2,1H3. The highest BCUT2D eigenvalue weighted by molar-refractivity contribution is 6.33. The maximum atomic E-state index is 5.86. The van der Waals surface area contributed by atoms with Crippen LogP contribution in [0.15, 0.2) is 12.1 Å². The van der Waals surface area contributed by atoms with Crippen molar-refractivity contribution in [2.75, 3.05) is 11.5 Å². The van der Waals surface area contributed by atoms with E-state index in [2.05, 4.69) is 0 Å². The lowest BCUT2D eigenvalue weighted by Gasteiger charge is -2.12. The summed E-state index contributed by atoms with van der Waals surface area (Å²) in [5.41, 5.74) is 18.9. The highest BCUT2D eigenvalue weighted by Gasteiger charge is 2.08. The van der Waals surface area contributed by atoms with E-state index in [9.17, 15) is 0 Å². The summed E-state index contributed by atoms with van der Waals surface area (Å²) in [7, 11) is 0. The van der Waals surface area contributed by atoms with Crippen LogP contribution in [0.25, 0.3) is 0 Å². The molecule has 0 aromatic heterocycles. The van der Waals surface area contributed by atoms with Crippen LogP contribution in [-0.2, 0) is 0 Å². The molecule has 0 saturated carbocycles. The van der Waals surface area contributed by atoms with Crippen molar-refractivity contribution in [2.45, 2.75) is 19.4 Å². The average molecular weight is 200 g/mol. The molecule has 1 aromatic carbocycles. The van der Waals surface area contributed by atoms with Gasteiger partial charge < -0.3 is 17.2 Å². The number of rotatable bonds is 2. The molecule has 0 aliphatic carbocycles. The molecule has 1 atom stereocenters. The zero-order valence-electron chi connectivity index (χ0n) is 7.55. The first-order chi connectivity index (χ1) is 6.06. The van der Waals surface area contributed by atoms with Crippen LogP contribution < -0.4 is 17.2 Å². The Bertz CT molecular complexity index is 289. The highest BCUT2D eigenvalue weighted by atomic mass is 35.5. The lowest BCUT2D eigenvalue weighted by Crippen LogP contribution is -2.09. The van der Waals surface area contributed by atoms with Crippen molar-refractivity contribution in [1.29, 1.82) is 0 Å². The predicted octanol–water partition coefficient (Wildman–Crippen LogP) is 1.91. The van der Waals surface area contributed by atoms with Crippen molar-refractivity contribution in [2.24, 2.45) is 5.73 Å². The van der Waals surface area contributed by atoms with Gasteiger partial charge in [0.25, 0.3) is 0 Å². The number of anilines is 2. The van der Waals surface area contributed by atoms with Crippen molar-refractivity contribution in [3.63, 3.8) is 0 Å². The second-order valence-electron chi connectivity index (χ2n) is 3.02. The first-order valence-electron chi connectivity index (χ1n) is 4.16. The van der Waals surface area contributed by atoms with E-state index in [1.165, 1.54) is 0 Å². The fourth-order valence-corrected chi connectivity index (χ4v) is 1.35. The third-order valence-electron chi connectivity index (χ3n) is 2.05. The molecule has 6 N–H and O–H groups in total. The molecule has 13 heavy (non-hydrogen) atoms. The van der Waals surface area contributed by atoms with Gasteiger partial charge in [-0.1, -0.05) is 18.5 Å². The topological polar surface area (TPSA) is 78.1 Å². The van der Waals surface area contributed by atoms with Crippen LogP contribution in [-0.4, -0.2) is 0 Å². The minimum absolute atomic E-state index is 0.0274. The summed E-state index contributed by atoms with van der Waals surface area (Å²) in [5, 5.41) is 0.471. The highest BCUT2D eigenvalue weighted by Crippen LogP contribution is 2.29. The Morgan fingerprint density at radius 1 is 1.38 bits per heavy atom. The fraction of sp³-hybridized carbons (Fsp3) is 0.333. The average Bonchev–Trinajstić information content (AvgIpc) is 2.12. The molecule has 1 aromatic rings. The van der Waals surface area contributed by atoms with E-state index in [4.69, 9.17) is 28.8 Å². The molecule has 0 heterocycles. The van der Waals surface area contributed by atoms with Crippen LogP contribution in [0.1, 0.15) is 24.9 Å². The van der Waals surface area contributed by atoms with Gasteiger partial charge in [-0.3, -0.25) is 0 Å². The monoisotopic (exact) mass is 199 g/mol. The van der Waals surface area contributed by atoms with Gasteiger partial charge in [0, 0.05) is 6.04 Å². The largest absolute Gasteiger partial charge is 0.397 e. The van der Waals surface area contributed by atoms with Crippen LogP contribution in [0, 0.1) is 0 Å². The van der Waals surface area contributed by atoms with Gasteiger partial charge in [0.05, 0.1) is 16.4 Å². The van der Waals surface area contributed by atoms with Gasteiger partial charge in [-0.25, -0.2) is 0 Å². The van der Waals surface area contributed by atoms with E-state index in [0.717, 1.165) is 12.0 Å². The molecule has 0 aliphatic rings. The molecule has 4 heteroatoms. The molecule has 0 aliphatic heterocycles. The number of halogens is 1. The molecule has 0 fully saturated rings. The maximum absolute atomic E-state index is 5.86. The smallest absolute Gasteiger partial charge is 0.0737 e. The molecular weight excluding hydrogens is 186 g/mol. The molecule has 1 unspecified atom stereocenters. The maximum Gasteiger partial charge on any atom is 0.0737 e. The van der Waals surface area contributed by atoms with Crippen molar-refractivity contribution in [3.05, 3.63) is 22.7 Å². The number of hydrogen-bond donors (Lipinski definition) is 3. The molecule has 0 radical (unpaired) electrons. The van der Waals surface area contributed by atoms with Gasteiger partial charge in [0.2, 0.25) is 0 Å². The third kappa shape index (κ3) is 2.05. The van der Waals surface area contributed by atoms with Crippen LogP contribution in [0.3, 0.4) is 0 Å². The van der Waals surface area contributed by atoms with Crippen molar-refractivity contribution < 1.29 is 0 Å². The lowest BCUT2D eigenvalue weighted by molar-refractivity contribution is 0.699. The van der Waals surface area contributed by atoms with E-state index < -0.39 is 0 Å². The van der Waals surface area contributed by atoms with Crippen molar-refractivity contribution in [1.82, 2.24) is 0 Å². The van der Waals surface area contributed by atoms with Gasteiger partial charge in [-0.2, -0.15) is 0 Å². The SMILES string of the molecule is CCC(N)c1cc(N)c(N)c(Cl)c1. The second-order valence-corrected chi connectivity index (χ2v) is 3.43. The summed E-state index contributed by atoms with van der Waals surface area (Å²) in [6, 6.07) is 3.51. The Labute approximate surface area is 82.8 Å². The minimum atomic E-state index is -0.0274. The quantitative estimate of drug-likeness (QED) is 0.637. The number of benzene rings is 1. The molecule has 1 rings (SSSR count). The number of nitrogens with two attached hydrogens (primary N) is 3.